The van der Waals surface area contributed by atoms with E-state index in [-0.39, 0.29) is 37.3 Å². The molecule has 344 valence electrons. The van der Waals surface area contributed by atoms with E-state index in [1.54, 1.807) is 52.0 Å². The van der Waals surface area contributed by atoms with Gasteiger partial charge in [0.2, 0.25) is 23.6 Å². The van der Waals surface area contributed by atoms with E-state index >= 15 is 0 Å². The fraction of sp³-hybridized carbons (Fsp3) is 0.600. The number of aliphatic carboxylic acids is 1. The van der Waals surface area contributed by atoms with E-state index < -0.39 is 89.7 Å². The normalized spacial score (nSPS) is 16.8. The lowest BCUT2D eigenvalue weighted by atomic mass is 9.95. The van der Waals surface area contributed by atoms with Crippen molar-refractivity contribution in [3.8, 4) is 11.5 Å². The van der Waals surface area contributed by atoms with Gasteiger partial charge in [0.25, 0.3) is 5.91 Å². The molecule has 0 saturated carbocycles. The van der Waals surface area contributed by atoms with Gasteiger partial charge in [0.15, 0.2) is 0 Å². The van der Waals surface area contributed by atoms with Crippen LogP contribution in [-0.2, 0) is 41.6 Å². The summed E-state index contributed by atoms with van der Waals surface area (Å²) < 4.78 is 0. The van der Waals surface area contributed by atoms with Crippen molar-refractivity contribution in [2.45, 2.75) is 134 Å². The van der Waals surface area contributed by atoms with E-state index in [4.69, 9.17) is 17.3 Å². The van der Waals surface area contributed by atoms with Crippen LogP contribution < -0.4 is 16.4 Å². The number of phenolic OH excluding ortho intramolecular Hbond substituents is 2. The van der Waals surface area contributed by atoms with E-state index in [1.165, 1.54) is 53.1 Å². The van der Waals surface area contributed by atoms with Crippen LogP contribution in [0.3, 0.4) is 0 Å². The Kier molecular flexibility index (Phi) is 20.4. The molecule has 8 N–H and O–H groups in total. The third kappa shape index (κ3) is 14.6. The fourth-order valence-electron chi connectivity index (χ4n) is 7.80. The summed E-state index contributed by atoms with van der Waals surface area (Å²) in [5.74, 6) is -4.85. The zero-order valence-electron chi connectivity index (χ0n) is 36.8. The van der Waals surface area contributed by atoms with Crippen LogP contribution in [0.15, 0.2) is 48.5 Å². The summed E-state index contributed by atoms with van der Waals surface area (Å²) in [6, 6.07) is 5.36. The van der Waals surface area contributed by atoms with E-state index in [2.05, 4.69) is 10.6 Å². The molecule has 0 aromatic heterocycles. The topological polar surface area (TPSA) is 243 Å². The van der Waals surface area contributed by atoms with Gasteiger partial charge < -0.3 is 51.5 Å². The zero-order chi connectivity index (χ0) is 46.3. The number of hydrogen-bond donors (Lipinski definition) is 7. The molecule has 1 aliphatic heterocycles. The molecule has 0 aliphatic carbocycles. The predicted molar refractivity (Wildman–Crippen MR) is 235 cm³/mol. The predicted octanol–water partition coefficient (Wildman–Crippen LogP) is 3.16. The number of nitrogens with zero attached hydrogens (tertiary/aromatic N) is 3. The average Bonchev–Trinajstić information content (AvgIpc) is 3.73. The number of unbranched alkanes of at least 4 members (excludes halogenated alkanes) is 4. The molecule has 1 fully saturated rings. The van der Waals surface area contributed by atoms with E-state index in [0.29, 0.717) is 36.3 Å². The van der Waals surface area contributed by atoms with Crippen LogP contribution in [0, 0.1) is 11.8 Å². The third-order valence-electron chi connectivity index (χ3n) is 11.5. The molecule has 0 unspecified atom stereocenters. The maximum absolute atomic E-state index is 14.7. The Bertz CT molecular complexity index is 1800. The minimum atomic E-state index is -1.57. The van der Waals surface area contributed by atoms with E-state index in [9.17, 15) is 49.2 Å². The van der Waals surface area contributed by atoms with Gasteiger partial charge in [0.05, 0.1) is 0 Å². The first kappa shape index (κ1) is 51.4. The lowest BCUT2D eigenvalue weighted by Crippen LogP contribution is -2.61. The van der Waals surface area contributed by atoms with Gasteiger partial charge in [-0.25, -0.2) is 4.79 Å². The van der Waals surface area contributed by atoms with Crippen molar-refractivity contribution in [1.82, 2.24) is 25.3 Å². The van der Waals surface area contributed by atoms with Gasteiger partial charge in [-0.3, -0.25) is 24.0 Å². The van der Waals surface area contributed by atoms with Crippen LogP contribution in [0.25, 0.3) is 0 Å². The maximum Gasteiger partial charge on any atom is 0.326 e. The molecule has 16 nitrogen and oxygen atoms in total. The van der Waals surface area contributed by atoms with Gasteiger partial charge in [-0.1, -0.05) is 77.6 Å². The van der Waals surface area contributed by atoms with Gasteiger partial charge in [0, 0.05) is 45.4 Å². The minimum absolute atomic E-state index is 0.00434. The molecule has 0 spiro atoms. The van der Waals surface area contributed by atoms with Crippen molar-refractivity contribution in [3.63, 3.8) is 0 Å². The molecular weight excluding hydrogens is 820 g/mol. The summed E-state index contributed by atoms with van der Waals surface area (Å²) in [5, 5.41) is 45.6. The molecule has 0 bridgehead atoms. The molecule has 7 atom stereocenters. The van der Waals surface area contributed by atoms with Crippen molar-refractivity contribution in [2.75, 3.05) is 26.5 Å². The molecule has 1 aliphatic rings. The van der Waals surface area contributed by atoms with Gasteiger partial charge in [0.1, 0.15) is 47.8 Å². The van der Waals surface area contributed by atoms with Crippen LogP contribution in [0.4, 0.5) is 0 Å². The number of aromatic hydroxyl groups is 2. The number of phenols is 2. The highest BCUT2D eigenvalue weighted by molar-refractivity contribution is 6.17. The Morgan fingerprint density at radius 3 is 1.87 bits per heavy atom. The number of carboxylic acid groups (broad SMARTS) is 1. The number of nitrogens with two attached hydrogens (primary N) is 1. The molecule has 1 saturated heterocycles. The third-order valence-corrected chi connectivity index (χ3v) is 11.8. The summed E-state index contributed by atoms with van der Waals surface area (Å²) in [5.41, 5.74) is 7.34. The number of carbonyl (C=O) groups excluding carboxylic acids is 5. The Balaban J connectivity index is 1.85. The van der Waals surface area contributed by atoms with Crippen molar-refractivity contribution < 1.29 is 49.2 Å². The first-order valence-electron chi connectivity index (χ1n) is 21.5. The van der Waals surface area contributed by atoms with Gasteiger partial charge in [-0.15, -0.1) is 11.6 Å². The summed E-state index contributed by atoms with van der Waals surface area (Å²) in [4.78, 5) is 86.7. The van der Waals surface area contributed by atoms with Gasteiger partial charge in [-0.2, -0.15) is 0 Å². The molecule has 2 aromatic rings. The minimum Gasteiger partial charge on any atom is -0.508 e. The van der Waals surface area contributed by atoms with Crippen molar-refractivity contribution >= 4 is 47.1 Å². The number of hydrogen-bond acceptors (Lipinski definition) is 10. The number of aliphatic hydroxyl groups excluding tert-OH is 1. The molecule has 2 aromatic carbocycles. The Morgan fingerprint density at radius 2 is 1.34 bits per heavy atom. The number of carbonyl (C=O) groups is 6. The average molecular weight is 888 g/mol. The Labute approximate surface area is 370 Å². The number of benzene rings is 2. The van der Waals surface area contributed by atoms with Crippen molar-refractivity contribution in [2.24, 2.45) is 17.6 Å². The van der Waals surface area contributed by atoms with Gasteiger partial charge in [-0.05, 0) is 72.9 Å². The van der Waals surface area contributed by atoms with E-state index in [0.717, 1.165) is 25.7 Å². The van der Waals surface area contributed by atoms with Crippen LogP contribution in [0.1, 0.15) is 90.2 Å². The number of likely N-dealkylation sites (N-methyl/N-ethyl adjacent to an activating group) is 2. The second-order valence-electron chi connectivity index (χ2n) is 17.0. The fourth-order valence-corrected chi connectivity index (χ4v) is 7.99. The highest BCUT2D eigenvalue weighted by atomic mass is 35.5. The lowest BCUT2D eigenvalue weighted by molar-refractivity contribution is -0.154. The number of carboxylic acids is 1. The number of alkyl halides is 1. The van der Waals surface area contributed by atoms with Crippen LogP contribution in [0.5, 0.6) is 11.5 Å². The van der Waals surface area contributed by atoms with Crippen LogP contribution >= 0.6 is 11.6 Å². The highest BCUT2D eigenvalue weighted by Gasteiger charge is 2.44. The molecule has 1 heterocycles. The molecule has 5 amide bonds. The number of likely N-dealkylation sites (tertiary alicyclic amines) is 1. The molecule has 3 rings (SSSR count). The number of amides is 5. The number of halogens is 1. The molecule has 0 radical (unpaired) electrons. The zero-order valence-corrected chi connectivity index (χ0v) is 37.6. The maximum atomic E-state index is 14.7. The second-order valence-corrected chi connectivity index (χ2v) is 17.4. The second kappa shape index (κ2) is 24.6. The molecular formula is C45H67ClN6O10. The molecule has 17 heteroatoms. The monoisotopic (exact) mass is 886 g/mol. The summed E-state index contributed by atoms with van der Waals surface area (Å²) in [7, 11) is 2.89. The molecule has 62 heavy (non-hydrogen) atoms. The number of rotatable bonds is 24. The Morgan fingerprint density at radius 1 is 0.790 bits per heavy atom. The summed E-state index contributed by atoms with van der Waals surface area (Å²) in [6.45, 7) is 7.10. The van der Waals surface area contributed by atoms with Crippen molar-refractivity contribution in [1.29, 1.82) is 0 Å². The van der Waals surface area contributed by atoms with Crippen molar-refractivity contribution in [3.05, 3.63) is 59.7 Å². The van der Waals surface area contributed by atoms with E-state index in [1.807, 2.05) is 0 Å². The quantitative estimate of drug-likeness (QED) is 0.0597. The lowest BCUT2D eigenvalue weighted by Gasteiger charge is -2.39. The Hall–Kier alpha value is -4.93. The first-order valence-corrected chi connectivity index (χ1v) is 22.0. The first-order chi connectivity index (χ1) is 29.3. The summed E-state index contributed by atoms with van der Waals surface area (Å²) in [6.07, 6.45) is 3.87. The van der Waals surface area contributed by atoms with Crippen LogP contribution in [-0.4, -0.2) is 140 Å². The van der Waals surface area contributed by atoms with Gasteiger partial charge >= 0.3 is 5.97 Å². The largest absolute Gasteiger partial charge is 0.508 e. The standard InChI is InChI=1S/C45H67ClN6O10/c1-27(2)37(49-41(57)39(55)33(47)13-10-8-7-9-11-23-46)43(59)51(6)38(28(3)4)44(60)50(5)36(26-30-17-21-32(54)22-18-30)42(58)52-24-12-14-35(52)40(56)48-34(45(61)62)25-29-15-19-31(53)20-16-29/h15-22,27-28,33-39,53-55H,7-14,23-26,47H2,1-6H3,(H,48,56)(H,49,57)(H,61,62)/t33-,34-,35-,36-,37-,38-,39-/m0/s1. The number of aliphatic hydroxyl groups is 1. The summed E-state index contributed by atoms with van der Waals surface area (Å²) >= 11 is 5.74. The SMILES string of the molecule is CC(C)[C@H](NC(=O)[C@@H](O)[C@@H](N)CCCCCCCCl)C(=O)N(C)[C@H](C(=O)N(C)[C@@H](Cc1ccc(O)cc1)C(=O)N1CCC[C@H]1C(=O)N[C@@H](Cc1ccc(O)cc1)C(=O)O)C(C)C. The number of nitrogens with one attached hydrogen (secondary N) is 2. The van der Waals surface area contributed by atoms with Crippen LogP contribution in [0.2, 0.25) is 0 Å². The highest BCUT2D eigenvalue weighted by Crippen LogP contribution is 2.25. The smallest absolute Gasteiger partial charge is 0.326 e.